The minimum atomic E-state index is -0.587. The average Bonchev–Trinajstić information content (AvgIpc) is 2.23. The molecule has 1 amide bonds. The van der Waals surface area contributed by atoms with Crippen LogP contribution in [0.5, 0.6) is 0 Å². The van der Waals surface area contributed by atoms with E-state index < -0.39 is 17.4 Å². The van der Waals surface area contributed by atoms with Crippen LogP contribution in [0.4, 0.5) is 0 Å². The first-order chi connectivity index (χ1) is 7.96. The predicted octanol–water partition coefficient (Wildman–Crippen LogP) is 0.429. The van der Waals surface area contributed by atoms with Crippen LogP contribution in [0, 0.1) is 11.3 Å². The van der Waals surface area contributed by atoms with Crippen molar-refractivity contribution in [3.8, 4) is 0 Å². The lowest BCUT2D eigenvalue weighted by Gasteiger charge is -2.40. The molecule has 1 fully saturated rings. The van der Waals surface area contributed by atoms with E-state index in [1.807, 2.05) is 13.8 Å². The Bertz CT molecular complexity index is 293. The number of carbonyl (C=O) groups excluding carboxylic acids is 2. The predicted molar refractivity (Wildman–Crippen MR) is 64.1 cm³/mol. The molecule has 0 aliphatic heterocycles. The summed E-state index contributed by atoms with van der Waals surface area (Å²) in [5.41, 5.74) is 5.20. The number of carbonyl (C=O) groups is 2. The molecule has 1 aliphatic rings. The van der Waals surface area contributed by atoms with Crippen molar-refractivity contribution in [3.63, 3.8) is 0 Å². The first kappa shape index (κ1) is 14.0. The van der Waals surface area contributed by atoms with Gasteiger partial charge >= 0.3 is 5.97 Å². The molecule has 5 nitrogen and oxygen atoms in total. The Kier molecular flexibility index (Phi) is 4.51. The molecule has 0 unspecified atom stereocenters. The van der Waals surface area contributed by atoms with Crippen molar-refractivity contribution in [1.29, 1.82) is 0 Å². The van der Waals surface area contributed by atoms with E-state index in [1.165, 1.54) is 7.11 Å². The molecule has 17 heavy (non-hydrogen) atoms. The highest BCUT2D eigenvalue weighted by Crippen LogP contribution is 2.40. The highest BCUT2D eigenvalue weighted by atomic mass is 16.5. The molecular formula is C12H22N2O3. The lowest BCUT2D eigenvalue weighted by Crippen LogP contribution is -2.55. The second kappa shape index (κ2) is 5.49. The normalized spacial score (nSPS) is 19.4. The standard InChI is InChI=1S/C12H22N2O3/c1-8(2)9(10(15)17-3)14-11(16)12(7-13)5-4-6-12/h8-9H,4-7,13H2,1-3H3,(H,14,16)/t9-/m0/s1. The van der Waals surface area contributed by atoms with Gasteiger partial charge in [-0.25, -0.2) is 4.79 Å². The summed E-state index contributed by atoms with van der Waals surface area (Å²) in [4.78, 5) is 23.7. The zero-order valence-electron chi connectivity index (χ0n) is 10.8. The second-order valence-corrected chi connectivity index (χ2v) is 5.06. The maximum Gasteiger partial charge on any atom is 0.328 e. The van der Waals surface area contributed by atoms with Crippen molar-refractivity contribution >= 4 is 11.9 Å². The van der Waals surface area contributed by atoms with Gasteiger partial charge in [-0.1, -0.05) is 20.3 Å². The van der Waals surface area contributed by atoms with E-state index in [4.69, 9.17) is 5.73 Å². The Balaban J connectivity index is 2.67. The summed E-state index contributed by atoms with van der Waals surface area (Å²) in [5, 5.41) is 2.77. The van der Waals surface area contributed by atoms with Gasteiger partial charge in [-0.3, -0.25) is 4.79 Å². The van der Waals surface area contributed by atoms with Gasteiger partial charge in [0.05, 0.1) is 12.5 Å². The topological polar surface area (TPSA) is 81.4 Å². The van der Waals surface area contributed by atoms with E-state index in [1.54, 1.807) is 0 Å². The van der Waals surface area contributed by atoms with E-state index in [9.17, 15) is 9.59 Å². The number of nitrogens with two attached hydrogens (primary N) is 1. The first-order valence-corrected chi connectivity index (χ1v) is 6.05. The number of hydrogen-bond donors (Lipinski definition) is 2. The summed E-state index contributed by atoms with van der Waals surface area (Å²) in [6.07, 6.45) is 2.64. The molecule has 1 rings (SSSR count). The van der Waals surface area contributed by atoms with Crippen molar-refractivity contribution in [1.82, 2.24) is 5.32 Å². The smallest absolute Gasteiger partial charge is 0.328 e. The molecule has 0 aromatic rings. The van der Waals surface area contributed by atoms with Gasteiger partial charge in [0.1, 0.15) is 6.04 Å². The van der Waals surface area contributed by atoms with Crippen LogP contribution in [0.15, 0.2) is 0 Å². The number of rotatable bonds is 5. The van der Waals surface area contributed by atoms with Crippen LogP contribution in [-0.2, 0) is 14.3 Å². The van der Waals surface area contributed by atoms with E-state index in [0.29, 0.717) is 6.54 Å². The number of amides is 1. The summed E-state index contributed by atoms with van der Waals surface area (Å²) in [7, 11) is 1.33. The highest BCUT2D eigenvalue weighted by Gasteiger charge is 2.44. The van der Waals surface area contributed by atoms with Crippen molar-refractivity contribution in [2.75, 3.05) is 13.7 Å². The molecule has 0 aromatic heterocycles. The summed E-state index contributed by atoms with van der Waals surface area (Å²) in [6.45, 7) is 4.08. The van der Waals surface area contributed by atoms with Gasteiger partial charge in [0.15, 0.2) is 0 Å². The number of nitrogens with one attached hydrogen (secondary N) is 1. The van der Waals surface area contributed by atoms with Crippen LogP contribution in [0.1, 0.15) is 33.1 Å². The molecule has 0 radical (unpaired) electrons. The van der Waals surface area contributed by atoms with E-state index in [-0.39, 0.29) is 11.8 Å². The third kappa shape index (κ3) is 2.77. The lowest BCUT2D eigenvalue weighted by molar-refractivity contribution is -0.149. The molecule has 98 valence electrons. The van der Waals surface area contributed by atoms with Crippen LogP contribution in [0.2, 0.25) is 0 Å². The Morgan fingerprint density at radius 3 is 2.29 bits per heavy atom. The number of methoxy groups -OCH3 is 1. The molecule has 0 saturated heterocycles. The molecule has 5 heteroatoms. The number of ether oxygens (including phenoxy) is 1. The Morgan fingerprint density at radius 2 is 2.00 bits per heavy atom. The molecular weight excluding hydrogens is 220 g/mol. The zero-order chi connectivity index (χ0) is 13.1. The van der Waals surface area contributed by atoms with E-state index >= 15 is 0 Å². The summed E-state index contributed by atoms with van der Waals surface area (Å²) in [5.74, 6) is -0.517. The van der Waals surface area contributed by atoms with Crippen molar-refractivity contribution in [2.45, 2.75) is 39.2 Å². The van der Waals surface area contributed by atoms with E-state index in [2.05, 4.69) is 10.1 Å². The highest BCUT2D eigenvalue weighted by molar-refractivity contribution is 5.88. The summed E-state index contributed by atoms with van der Waals surface area (Å²) < 4.78 is 4.69. The fourth-order valence-electron chi connectivity index (χ4n) is 2.05. The van der Waals surface area contributed by atoms with Gasteiger partial charge in [0.25, 0.3) is 0 Å². The van der Waals surface area contributed by atoms with Crippen LogP contribution >= 0.6 is 0 Å². The van der Waals surface area contributed by atoms with Crippen molar-refractivity contribution in [2.24, 2.45) is 17.1 Å². The van der Waals surface area contributed by atoms with Crippen LogP contribution in [0.25, 0.3) is 0 Å². The molecule has 0 heterocycles. The second-order valence-electron chi connectivity index (χ2n) is 5.06. The number of esters is 1. The maximum absolute atomic E-state index is 12.1. The van der Waals surface area contributed by atoms with Gasteiger partial charge in [0.2, 0.25) is 5.91 Å². The molecule has 0 bridgehead atoms. The fraction of sp³-hybridized carbons (Fsp3) is 0.833. The van der Waals surface area contributed by atoms with E-state index in [0.717, 1.165) is 19.3 Å². The number of hydrogen-bond acceptors (Lipinski definition) is 4. The average molecular weight is 242 g/mol. The Labute approximate surface area is 102 Å². The molecule has 0 aromatic carbocycles. The van der Waals surface area contributed by atoms with Gasteiger partial charge in [-0.05, 0) is 18.8 Å². The van der Waals surface area contributed by atoms with Gasteiger partial charge in [-0.2, -0.15) is 0 Å². The van der Waals surface area contributed by atoms with Gasteiger partial charge < -0.3 is 15.8 Å². The largest absolute Gasteiger partial charge is 0.467 e. The van der Waals surface area contributed by atoms with Crippen molar-refractivity contribution < 1.29 is 14.3 Å². The van der Waals surface area contributed by atoms with Gasteiger partial charge in [0, 0.05) is 6.54 Å². The molecule has 0 spiro atoms. The zero-order valence-corrected chi connectivity index (χ0v) is 10.8. The molecule has 1 aliphatic carbocycles. The quantitative estimate of drug-likeness (QED) is 0.685. The maximum atomic E-state index is 12.1. The van der Waals surface area contributed by atoms with Crippen LogP contribution in [-0.4, -0.2) is 31.6 Å². The monoisotopic (exact) mass is 242 g/mol. The van der Waals surface area contributed by atoms with Gasteiger partial charge in [-0.15, -0.1) is 0 Å². The third-order valence-corrected chi connectivity index (χ3v) is 3.59. The SMILES string of the molecule is COC(=O)[C@@H](NC(=O)C1(CN)CCC1)C(C)C. The minimum absolute atomic E-state index is 0.00120. The van der Waals surface area contributed by atoms with Crippen molar-refractivity contribution in [3.05, 3.63) is 0 Å². The van der Waals surface area contributed by atoms with Crippen LogP contribution < -0.4 is 11.1 Å². The minimum Gasteiger partial charge on any atom is -0.467 e. The third-order valence-electron chi connectivity index (χ3n) is 3.59. The van der Waals surface area contributed by atoms with Crippen LogP contribution in [0.3, 0.4) is 0 Å². The summed E-state index contributed by atoms with van der Waals surface area (Å²) >= 11 is 0. The fourth-order valence-corrected chi connectivity index (χ4v) is 2.05. The molecule has 1 atom stereocenters. The summed E-state index contributed by atoms with van der Waals surface area (Å²) in [6, 6.07) is -0.587. The molecule has 1 saturated carbocycles. The first-order valence-electron chi connectivity index (χ1n) is 6.05. The lowest BCUT2D eigenvalue weighted by atomic mass is 9.68. The Morgan fingerprint density at radius 1 is 1.41 bits per heavy atom. The Hall–Kier alpha value is -1.10. The molecule has 3 N–H and O–H groups in total.